The predicted octanol–water partition coefficient (Wildman–Crippen LogP) is 4.32. The van der Waals surface area contributed by atoms with Gasteiger partial charge in [-0.2, -0.15) is 0 Å². The Labute approximate surface area is 195 Å². The van der Waals surface area contributed by atoms with Gasteiger partial charge in [-0.25, -0.2) is 9.37 Å². The molecule has 1 aliphatic rings. The van der Waals surface area contributed by atoms with Gasteiger partial charge in [0.2, 0.25) is 11.8 Å². The summed E-state index contributed by atoms with van der Waals surface area (Å²) in [6.45, 7) is 5.26. The van der Waals surface area contributed by atoms with E-state index in [4.69, 9.17) is 23.2 Å². The number of piperazine rings is 1. The van der Waals surface area contributed by atoms with Crippen LogP contribution in [-0.2, 0) is 16.0 Å². The fourth-order valence-corrected chi connectivity index (χ4v) is 4.44. The van der Waals surface area contributed by atoms with Crippen molar-refractivity contribution in [2.24, 2.45) is 0 Å². The first-order chi connectivity index (χ1) is 15.3. The molecule has 0 unspecified atom stereocenters. The second kappa shape index (κ2) is 9.08. The van der Waals surface area contributed by atoms with Crippen molar-refractivity contribution in [2.75, 3.05) is 26.2 Å². The molecule has 32 heavy (non-hydrogen) atoms. The van der Waals surface area contributed by atoms with E-state index in [9.17, 15) is 14.0 Å². The zero-order valence-corrected chi connectivity index (χ0v) is 19.3. The van der Waals surface area contributed by atoms with E-state index in [1.54, 1.807) is 47.1 Å². The van der Waals surface area contributed by atoms with Gasteiger partial charge in [-0.1, -0.05) is 41.4 Å². The number of imidazole rings is 1. The minimum atomic E-state index is -0.595. The van der Waals surface area contributed by atoms with Crippen LogP contribution in [0.2, 0.25) is 10.0 Å². The Kier molecular flexibility index (Phi) is 6.40. The molecule has 1 fully saturated rings. The Morgan fingerprint density at radius 3 is 2.34 bits per heavy atom. The lowest BCUT2D eigenvalue weighted by Gasteiger charge is -2.36. The van der Waals surface area contributed by atoms with Crippen LogP contribution in [0.3, 0.4) is 0 Å². The first-order valence-electron chi connectivity index (χ1n) is 10.4. The smallest absolute Gasteiger partial charge is 0.245 e. The van der Waals surface area contributed by atoms with E-state index in [0.717, 1.165) is 0 Å². The minimum Gasteiger partial charge on any atom is -0.339 e. The number of carbonyl (C=O) groups excluding carboxylic acids is 2. The van der Waals surface area contributed by atoms with Gasteiger partial charge in [0, 0.05) is 39.5 Å². The number of aromatic nitrogens is 2. The summed E-state index contributed by atoms with van der Waals surface area (Å²) >= 11 is 12.5. The lowest BCUT2D eigenvalue weighted by Crippen LogP contribution is -2.51. The summed E-state index contributed by atoms with van der Waals surface area (Å²) in [6.07, 6.45) is 0.215. The molecule has 3 aromatic rings. The fraction of sp³-hybridized carbons (Fsp3) is 0.348. The summed E-state index contributed by atoms with van der Waals surface area (Å²) in [4.78, 5) is 33.1. The third-order valence-electron chi connectivity index (χ3n) is 5.89. The van der Waals surface area contributed by atoms with Gasteiger partial charge >= 0.3 is 0 Å². The monoisotopic (exact) mass is 476 g/mol. The maximum atomic E-state index is 14.4. The quantitative estimate of drug-likeness (QED) is 0.563. The largest absolute Gasteiger partial charge is 0.339 e. The summed E-state index contributed by atoms with van der Waals surface area (Å²) in [5.74, 6) is 0.131. The molecule has 0 saturated carbocycles. The predicted molar refractivity (Wildman–Crippen MR) is 123 cm³/mol. The first kappa shape index (κ1) is 22.6. The van der Waals surface area contributed by atoms with E-state index in [2.05, 4.69) is 4.98 Å². The highest BCUT2D eigenvalue weighted by Gasteiger charge is 2.29. The lowest BCUT2D eigenvalue weighted by atomic mass is 10.1. The number of benzene rings is 2. The standard InChI is InChI=1S/C23H23Cl2FN4O2/c1-14(23(32)29-9-7-28(8-10-29)15(2)31)30-21-13-18(25)17(24)12-20(21)27-22(30)11-16-5-3-4-6-19(16)26/h3-6,12-14H,7-11H2,1-2H3/t14-/m0/s1. The molecule has 9 heteroatoms. The molecule has 4 rings (SSSR count). The van der Waals surface area contributed by atoms with E-state index in [1.165, 1.54) is 13.0 Å². The normalized spacial score (nSPS) is 15.3. The summed E-state index contributed by atoms with van der Waals surface area (Å²) in [6, 6.07) is 9.25. The van der Waals surface area contributed by atoms with Crippen molar-refractivity contribution in [2.45, 2.75) is 26.3 Å². The van der Waals surface area contributed by atoms with Crippen LogP contribution < -0.4 is 0 Å². The van der Waals surface area contributed by atoms with E-state index < -0.39 is 6.04 Å². The van der Waals surface area contributed by atoms with Gasteiger partial charge in [0.05, 0.1) is 21.1 Å². The van der Waals surface area contributed by atoms with Crippen LogP contribution in [0, 0.1) is 5.82 Å². The van der Waals surface area contributed by atoms with E-state index in [1.807, 2.05) is 4.57 Å². The third kappa shape index (κ3) is 4.32. The first-order valence-corrected chi connectivity index (χ1v) is 11.2. The molecule has 1 atom stereocenters. The second-order valence-electron chi connectivity index (χ2n) is 7.93. The topological polar surface area (TPSA) is 58.4 Å². The molecular weight excluding hydrogens is 454 g/mol. The SMILES string of the molecule is CC(=O)N1CCN(C(=O)[C@H](C)n2c(Cc3ccccc3F)nc3cc(Cl)c(Cl)cc32)CC1. The van der Waals surface area contributed by atoms with Crippen molar-refractivity contribution >= 4 is 46.0 Å². The molecule has 2 aromatic carbocycles. The molecule has 0 radical (unpaired) electrons. The van der Waals surface area contributed by atoms with Crippen LogP contribution in [0.5, 0.6) is 0 Å². The third-order valence-corrected chi connectivity index (χ3v) is 6.61. The highest BCUT2D eigenvalue weighted by Crippen LogP contribution is 2.31. The number of carbonyl (C=O) groups is 2. The van der Waals surface area contributed by atoms with Gasteiger partial charge in [0.25, 0.3) is 0 Å². The number of hydrogen-bond acceptors (Lipinski definition) is 3. The van der Waals surface area contributed by atoms with Crippen molar-refractivity contribution in [1.29, 1.82) is 0 Å². The molecule has 168 valence electrons. The highest BCUT2D eigenvalue weighted by atomic mass is 35.5. The van der Waals surface area contributed by atoms with E-state index >= 15 is 0 Å². The van der Waals surface area contributed by atoms with Gasteiger partial charge in [0.1, 0.15) is 17.7 Å². The Morgan fingerprint density at radius 2 is 1.69 bits per heavy atom. The van der Waals surface area contributed by atoms with Crippen molar-refractivity contribution in [3.63, 3.8) is 0 Å². The Morgan fingerprint density at radius 1 is 1.06 bits per heavy atom. The average molecular weight is 477 g/mol. The fourth-order valence-electron chi connectivity index (χ4n) is 4.13. The van der Waals surface area contributed by atoms with Gasteiger partial charge < -0.3 is 14.4 Å². The summed E-state index contributed by atoms with van der Waals surface area (Å²) in [7, 11) is 0. The second-order valence-corrected chi connectivity index (χ2v) is 8.74. The van der Waals surface area contributed by atoms with Crippen molar-refractivity contribution < 1.29 is 14.0 Å². The molecule has 6 nitrogen and oxygen atoms in total. The summed E-state index contributed by atoms with van der Waals surface area (Å²) in [5, 5.41) is 0.716. The molecule has 0 N–H and O–H groups in total. The van der Waals surface area contributed by atoms with Gasteiger partial charge in [-0.15, -0.1) is 0 Å². The Bertz CT molecular complexity index is 1190. The minimum absolute atomic E-state index is 0.00412. The van der Waals surface area contributed by atoms with Gasteiger partial charge in [-0.3, -0.25) is 9.59 Å². The van der Waals surface area contributed by atoms with Crippen molar-refractivity contribution in [1.82, 2.24) is 19.4 Å². The zero-order valence-electron chi connectivity index (χ0n) is 17.8. The maximum Gasteiger partial charge on any atom is 0.245 e. The number of nitrogens with zero attached hydrogens (tertiary/aromatic N) is 4. The Hall–Kier alpha value is -2.64. The number of rotatable bonds is 4. The number of fused-ring (bicyclic) bond motifs is 1. The zero-order chi connectivity index (χ0) is 23.0. The molecule has 0 bridgehead atoms. The van der Waals surface area contributed by atoms with E-state index in [0.29, 0.717) is 58.6 Å². The lowest BCUT2D eigenvalue weighted by molar-refractivity contribution is -0.140. The van der Waals surface area contributed by atoms with Crippen LogP contribution in [0.25, 0.3) is 11.0 Å². The van der Waals surface area contributed by atoms with Gasteiger partial charge in [-0.05, 0) is 30.7 Å². The summed E-state index contributed by atoms with van der Waals surface area (Å²) in [5.41, 5.74) is 1.73. The van der Waals surface area contributed by atoms with E-state index in [-0.39, 0.29) is 24.1 Å². The van der Waals surface area contributed by atoms with Gasteiger partial charge in [0.15, 0.2) is 0 Å². The molecule has 0 aliphatic carbocycles. The summed E-state index contributed by atoms with van der Waals surface area (Å²) < 4.78 is 16.2. The molecular formula is C23H23Cl2FN4O2. The average Bonchev–Trinajstić information content (AvgIpc) is 3.11. The molecule has 1 aromatic heterocycles. The van der Waals surface area contributed by atoms with Crippen LogP contribution in [0.4, 0.5) is 4.39 Å². The van der Waals surface area contributed by atoms with Crippen LogP contribution >= 0.6 is 23.2 Å². The van der Waals surface area contributed by atoms with Crippen molar-refractivity contribution in [3.05, 3.63) is 63.6 Å². The Balaban J connectivity index is 1.71. The molecule has 2 amide bonds. The van der Waals surface area contributed by atoms with Crippen LogP contribution in [0.1, 0.15) is 31.3 Å². The number of amides is 2. The van der Waals surface area contributed by atoms with Crippen LogP contribution in [-0.4, -0.2) is 57.3 Å². The molecule has 1 aliphatic heterocycles. The maximum absolute atomic E-state index is 14.4. The molecule has 2 heterocycles. The molecule has 0 spiro atoms. The highest BCUT2D eigenvalue weighted by molar-refractivity contribution is 6.42. The van der Waals surface area contributed by atoms with Crippen LogP contribution in [0.15, 0.2) is 36.4 Å². The van der Waals surface area contributed by atoms with Crippen molar-refractivity contribution in [3.8, 4) is 0 Å². The number of halogens is 3. The number of hydrogen-bond donors (Lipinski definition) is 0. The molecule has 1 saturated heterocycles.